The summed E-state index contributed by atoms with van der Waals surface area (Å²) in [6, 6.07) is 10.7. The van der Waals surface area contributed by atoms with Crippen LogP contribution in [-0.2, 0) is 0 Å². The molecule has 1 aliphatic heterocycles. The Hall–Kier alpha value is -1.98. The van der Waals surface area contributed by atoms with Gasteiger partial charge >= 0.3 is 0 Å². The number of benzene rings is 1. The summed E-state index contributed by atoms with van der Waals surface area (Å²) in [5.74, 6) is 0.489. The van der Waals surface area contributed by atoms with Crippen LogP contribution in [0, 0.1) is 11.7 Å². The monoisotopic (exact) mass is 341 g/mol. The highest BCUT2D eigenvalue weighted by Crippen LogP contribution is 2.32. The lowest BCUT2D eigenvalue weighted by Crippen LogP contribution is -2.31. The average Bonchev–Trinajstić information content (AvgIpc) is 3.10. The molecule has 124 valence electrons. The van der Waals surface area contributed by atoms with Crippen molar-refractivity contribution >= 4 is 27.2 Å². The van der Waals surface area contributed by atoms with E-state index in [4.69, 9.17) is 4.98 Å². The van der Waals surface area contributed by atoms with E-state index in [1.54, 1.807) is 23.5 Å². The van der Waals surface area contributed by atoms with Gasteiger partial charge in [-0.15, -0.1) is 11.3 Å². The van der Waals surface area contributed by atoms with Crippen molar-refractivity contribution in [3.05, 3.63) is 47.6 Å². The van der Waals surface area contributed by atoms with Gasteiger partial charge < -0.3 is 10.6 Å². The van der Waals surface area contributed by atoms with Crippen LogP contribution in [0.1, 0.15) is 12.8 Å². The number of aromatic nitrogens is 1. The van der Waals surface area contributed by atoms with Gasteiger partial charge in [0.15, 0.2) is 0 Å². The van der Waals surface area contributed by atoms with E-state index in [2.05, 4.69) is 22.1 Å². The molecule has 3 nitrogen and oxygen atoms in total. The second-order valence-corrected chi connectivity index (χ2v) is 7.19. The Bertz CT molecular complexity index is 822. The molecule has 3 aromatic rings. The van der Waals surface area contributed by atoms with Crippen LogP contribution in [0.4, 0.5) is 10.1 Å². The maximum Gasteiger partial charge on any atom is 0.123 e. The van der Waals surface area contributed by atoms with Crippen molar-refractivity contribution in [2.75, 3.05) is 25.0 Å². The number of rotatable bonds is 4. The number of anilines is 1. The van der Waals surface area contributed by atoms with E-state index >= 15 is 0 Å². The third-order valence-electron chi connectivity index (χ3n) is 4.59. The maximum atomic E-state index is 13.2. The van der Waals surface area contributed by atoms with Crippen molar-refractivity contribution in [3.8, 4) is 11.3 Å². The number of piperidine rings is 1. The standard InChI is InChI=1S/C19H20FN3S/c20-15-3-1-14(2-4-15)17-11-18(19-16(23-17)7-10-24-19)22-12-13-5-8-21-9-6-13/h1-4,7,10-11,13,21H,5-6,8-9,12H2,(H,22,23). The minimum Gasteiger partial charge on any atom is -0.383 e. The van der Waals surface area contributed by atoms with E-state index in [9.17, 15) is 4.39 Å². The third-order valence-corrected chi connectivity index (χ3v) is 5.53. The summed E-state index contributed by atoms with van der Waals surface area (Å²) in [6.45, 7) is 3.21. The number of nitrogens with one attached hydrogen (secondary N) is 2. The summed E-state index contributed by atoms with van der Waals surface area (Å²) in [5, 5.41) is 9.11. The summed E-state index contributed by atoms with van der Waals surface area (Å²) in [5.41, 5.74) is 3.95. The molecule has 0 saturated carbocycles. The van der Waals surface area contributed by atoms with Crippen LogP contribution >= 0.6 is 11.3 Å². The van der Waals surface area contributed by atoms with Crippen molar-refractivity contribution in [1.82, 2.24) is 10.3 Å². The predicted molar refractivity (Wildman–Crippen MR) is 99.1 cm³/mol. The van der Waals surface area contributed by atoms with Crippen molar-refractivity contribution in [3.63, 3.8) is 0 Å². The molecule has 0 bridgehead atoms. The van der Waals surface area contributed by atoms with Gasteiger partial charge in [-0.25, -0.2) is 9.37 Å². The zero-order chi connectivity index (χ0) is 16.4. The van der Waals surface area contributed by atoms with E-state index in [0.29, 0.717) is 5.92 Å². The van der Waals surface area contributed by atoms with Crippen molar-refractivity contribution < 1.29 is 4.39 Å². The van der Waals surface area contributed by atoms with Crippen LogP contribution in [0.25, 0.3) is 21.5 Å². The first kappa shape index (κ1) is 15.5. The molecule has 2 N–H and O–H groups in total. The summed E-state index contributed by atoms with van der Waals surface area (Å²) in [6.07, 6.45) is 2.44. The second kappa shape index (κ2) is 6.87. The molecule has 0 unspecified atom stereocenters. The van der Waals surface area contributed by atoms with Gasteiger partial charge in [0.05, 0.1) is 21.6 Å². The zero-order valence-electron chi connectivity index (χ0n) is 13.4. The zero-order valence-corrected chi connectivity index (χ0v) is 14.2. The van der Waals surface area contributed by atoms with E-state index in [1.807, 2.05) is 6.07 Å². The van der Waals surface area contributed by atoms with Gasteiger partial charge in [-0.1, -0.05) is 0 Å². The Labute approximate surface area is 144 Å². The minimum absolute atomic E-state index is 0.223. The molecule has 3 heterocycles. The molecule has 1 aromatic carbocycles. The smallest absolute Gasteiger partial charge is 0.123 e. The number of hydrogen-bond acceptors (Lipinski definition) is 4. The fraction of sp³-hybridized carbons (Fsp3) is 0.316. The van der Waals surface area contributed by atoms with Crippen LogP contribution in [0.2, 0.25) is 0 Å². The Balaban J connectivity index is 1.63. The van der Waals surface area contributed by atoms with Crippen LogP contribution < -0.4 is 10.6 Å². The quantitative estimate of drug-likeness (QED) is 0.733. The number of hydrogen-bond donors (Lipinski definition) is 2. The molecule has 0 radical (unpaired) electrons. The van der Waals surface area contributed by atoms with E-state index in [0.717, 1.165) is 42.1 Å². The number of nitrogens with zero attached hydrogens (tertiary/aromatic N) is 1. The van der Waals surface area contributed by atoms with Crippen molar-refractivity contribution in [1.29, 1.82) is 0 Å². The highest BCUT2D eigenvalue weighted by atomic mass is 32.1. The van der Waals surface area contributed by atoms with Gasteiger partial charge in [0.1, 0.15) is 5.82 Å². The molecule has 24 heavy (non-hydrogen) atoms. The topological polar surface area (TPSA) is 37.0 Å². The number of halogens is 1. The van der Waals surface area contributed by atoms with Gasteiger partial charge in [-0.2, -0.15) is 0 Å². The summed E-state index contributed by atoms with van der Waals surface area (Å²) < 4.78 is 14.4. The van der Waals surface area contributed by atoms with Gasteiger partial charge in [-0.05, 0) is 73.6 Å². The molecule has 5 heteroatoms. The summed E-state index contributed by atoms with van der Waals surface area (Å²) in [7, 11) is 0. The van der Waals surface area contributed by atoms with Crippen molar-refractivity contribution in [2.45, 2.75) is 12.8 Å². The Morgan fingerprint density at radius 3 is 2.75 bits per heavy atom. The largest absolute Gasteiger partial charge is 0.383 e. The highest BCUT2D eigenvalue weighted by Gasteiger charge is 2.14. The third kappa shape index (κ3) is 3.28. The fourth-order valence-corrected chi connectivity index (χ4v) is 4.02. The molecule has 1 aliphatic rings. The Morgan fingerprint density at radius 2 is 1.96 bits per heavy atom. The highest BCUT2D eigenvalue weighted by molar-refractivity contribution is 7.17. The molecule has 0 amide bonds. The van der Waals surface area contributed by atoms with Gasteiger partial charge in [-0.3, -0.25) is 0 Å². The molecule has 1 fully saturated rings. The van der Waals surface area contributed by atoms with Gasteiger partial charge in [0, 0.05) is 12.1 Å². The normalized spacial score (nSPS) is 15.7. The van der Waals surface area contributed by atoms with Crippen LogP contribution in [0.15, 0.2) is 41.8 Å². The van der Waals surface area contributed by atoms with E-state index < -0.39 is 0 Å². The molecule has 0 spiro atoms. The average molecular weight is 341 g/mol. The Kier molecular flexibility index (Phi) is 4.45. The molecule has 4 rings (SSSR count). The molecular formula is C19H20FN3S. The maximum absolute atomic E-state index is 13.2. The summed E-state index contributed by atoms with van der Waals surface area (Å²) in [4.78, 5) is 4.73. The lowest BCUT2D eigenvalue weighted by molar-refractivity contribution is 0.390. The molecule has 0 atom stereocenters. The number of thiophene rings is 1. The van der Waals surface area contributed by atoms with Crippen LogP contribution in [-0.4, -0.2) is 24.6 Å². The lowest BCUT2D eigenvalue weighted by Gasteiger charge is -2.23. The molecule has 1 saturated heterocycles. The first-order valence-corrected chi connectivity index (χ1v) is 9.26. The number of fused-ring (bicyclic) bond motifs is 1. The van der Waals surface area contributed by atoms with Crippen LogP contribution in [0.5, 0.6) is 0 Å². The van der Waals surface area contributed by atoms with Gasteiger partial charge in [0.25, 0.3) is 0 Å². The Morgan fingerprint density at radius 1 is 1.17 bits per heavy atom. The second-order valence-electron chi connectivity index (χ2n) is 6.27. The van der Waals surface area contributed by atoms with Gasteiger partial charge in [0.2, 0.25) is 0 Å². The molecule has 2 aromatic heterocycles. The minimum atomic E-state index is -0.223. The predicted octanol–water partition coefficient (Wildman–Crippen LogP) is 4.51. The van der Waals surface area contributed by atoms with E-state index in [1.165, 1.54) is 29.7 Å². The lowest BCUT2D eigenvalue weighted by atomic mass is 9.98. The molecular weight excluding hydrogens is 321 g/mol. The van der Waals surface area contributed by atoms with Crippen molar-refractivity contribution in [2.24, 2.45) is 5.92 Å². The first-order valence-electron chi connectivity index (χ1n) is 8.38. The SMILES string of the molecule is Fc1ccc(-c2cc(NCC3CCNCC3)c3sccc3n2)cc1. The fourth-order valence-electron chi connectivity index (χ4n) is 3.20. The van der Waals surface area contributed by atoms with Crippen LogP contribution in [0.3, 0.4) is 0 Å². The first-order chi connectivity index (χ1) is 11.8. The van der Waals surface area contributed by atoms with E-state index in [-0.39, 0.29) is 5.82 Å². The number of pyridine rings is 1. The molecule has 0 aliphatic carbocycles. The summed E-state index contributed by atoms with van der Waals surface area (Å²) >= 11 is 1.71.